The van der Waals surface area contributed by atoms with Gasteiger partial charge in [-0.1, -0.05) is 188 Å². The Bertz CT molecular complexity index is 2540. The maximum Gasteiger partial charge on any atom is 0.105 e. The molecule has 0 aliphatic heterocycles. The first-order valence-corrected chi connectivity index (χ1v) is 29.5. The molecule has 0 saturated carbocycles. The minimum absolute atomic E-state index is 0. The van der Waals surface area contributed by atoms with Gasteiger partial charge in [0.15, 0.2) is 0 Å². The van der Waals surface area contributed by atoms with Crippen LogP contribution in [0.15, 0.2) is 195 Å². The van der Waals surface area contributed by atoms with Crippen molar-refractivity contribution in [2.24, 2.45) is 0 Å². The van der Waals surface area contributed by atoms with Crippen molar-refractivity contribution >= 4 is 0 Å². The van der Waals surface area contributed by atoms with Gasteiger partial charge in [-0.2, -0.15) is 0 Å². The fraction of sp³-hybridized carbons (Fsp3) is 0.449. The van der Waals surface area contributed by atoms with Gasteiger partial charge in [-0.3, -0.25) is 0 Å². The summed E-state index contributed by atoms with van der Waals surface area (Å²) >= 11 is 0. The third-order valence-corrected chi connectivity index (χ3v) is 13.1. The van der Waals surface area contributed by atoms with E-state index in [1.807, 2.05) is 182 Å². The topological polar surface area (TPSA) is 190 Å². The Morgan fingerprint density at radius 3 is 0.716 bits per heavy atom. The predicted octanol–water partition coefficient (Wildman–Crippen LogP) is 8.53. The summed E-state index contributed by atoms with van der Waals surface area (Å²) < 4.78 is 86.4. The summed E-state index contributed by atoms with van der Waals surface area (Å²) in [6, 6.07) is 58.9. The second kappa shape index (κ2) is 49.4. The van der Waals surface area contributed by atoms with Gasteiger partial charge in [0, 0.05) is 40.2 Å². The molecule has 0 aliphatic carbocycles. The van der Waals surface area contributed by atoms with Crippen molar-refractivity contribution in [2.45, 2.75) is 88.5 Å². The number of hydrogen-bond donors (Lipinski definition) is 3. The van der Waals surface area contributed by atoms with Crippen LogP contribution in [0.5, 0.6) is 0 Å². The van der Waals surface area contributed by atoms with Crippen molar-refractivity contribution in [2.75, 3.05) is 112 Å². The average molecular weight is 1580 g/mol. The molecule has 0 aromatic heterocycles. The maximum absolute atomic E-state index is 11.3. The number of hydrogen-bond acceptors (Lipinski definition) is 17. The Labute approximate surface area is 547 Å². The van der Waals surface area contributed by atoms with Crippen LogP contribution in [0.2, 0.25) is 0 Å². The van der Waals surface area contributed by atoms with Gasteiger partial charge in [-0.15, -0.1) is 6.58 Å². The van der Waals surface area contributed by atoms with E-state index < -0.39 is 42.7 Å². The van der Waals surface area contributed by atoms with E-state index in [4.69, 9.17) is 66.3 Å². The average Bonchev–Trinajstić information content (AvgIpc) is 3.57. The molecule has 486 valence electrons. The summed E-state index contributed by atoms with van der Waals surface area (Å²) in [5, 5.41) is 31.5. The fourth-order valence-electron chi connectivity index (χ4n) is 8.33. The van der Waals surface area contributed by atoms with Crippen molar-refractivity contribution < 1.29 is 122 Å². The molecule has 8 unspecified atom stereocenters. The molecule has 6 rings (SSSR count). The van der Waals surface area contributed by atoms with Gasteiger partial charge in [0.1, 0.15) is 48.8 Å². The summed E-state index contributed by atoms with van der Waals surface area (Å²) in [6.07, 6.45) is -2.99. The molecule has 0 bridgehead atoms. The Hall–Kier alpha value is -4.32. The number of aliphatic hydroxyl groups excluding tert-OH is 3. The predicted molar refractivity (Wildman–Crippen MR) is 326 cm³/mol. The Morgan fingerprint density at radius 2 is 0.477 bits per heavy atom. The Kier molecular flexibility index (Phi) is 42.7. The maximum atomic E-state index is 11.3. The van der Waals surface area contributed by atoms with Gasteiger partial charge in [-0.05, 0) is 33.4 Å². The smallest absolute Gasteiger partial charge is 0.105 e. The molecule has 0 saturated heterocycles. The number of aliphatic hydroxyl groups is 3. The summed E-state index contributed by atoms with van der Waals surface area (Å²) in [7, 11) is 0. The molecular weight excluding hydrogens is 1490 g/mol. The molecule has 0 amide bonds. The van der Waals surface area contributed by atoms with E-state index in [9.17, 15) is 15.3 Å². The molecule has 0 fully saturated rings. The second-order valence-electron chi connectivity index (χ2n) is 20.5. The second-order valence-corrected chi connectivity index (χ2v) is 20.5. The molecule has 6 aromatic carbocycles. The molecule has 2 radical (unpaired) electrons. The molecule has 0 aliphatic rings. The number of benzene rings is 6. The van der Waals surface area contributed by atoms with Gasteiger partial charge < -0.3 is 81.6 Å². The molecule has 17 nitrogen and oxygen atoms in total. The van der Waals surface area contributed by atoms with Crippen molar-refractivity contribution in [3.05, 3.63) is 228 Å². The van der Waals surface area contributed by atoms with Crippen LogP contribution < -0.4 is 0 Å². The van der Waals surface area contributed by atoms with Crippen molar-refractivity contribution in [3.63, 3.8) is 0 Å². The van der Waals surface area contributed by atoms with E-state index in [1.165, 1.54) is 0 Å². The van der Waals surface area contributed by atoms with Gasteiger partial charge >= 0.3 is 0 Å². The van der Waals surface area contributed by atoms with Crippen molar-refractivity contribution in [1.82, 2.24) is 0 Å². The van der Waals surface area contributed by atoms with Crippen LogP contribution in [0.25, 0.3) is 0 Å². The third-order valence-electron chi connectivity index (χ3n) is 13.1. The summed E-state index contributed by atoms with van der Waals surface area (Å²) in [4.78, 5) is 0. The van der Waals surface area contributed by atoms with Crippen LogP contribution in [-0.2, 0) is 146 Å². The molecule has 3 N–H and O–H groups in total. The molecule has 0 spiro atoms. The zero-order valence-electron chi connectivity index (χ0n) is 50.2. The first kappa shape index (κ1) is 76.1. The summed E-state index contributed by atoms with van der Waals surface area (Å²) in [5.74, 6) is 0. The Morgan fingerprint density at radius 1 is 0.273 bits per heavy atom. The molecule has 8 atom stereocenters. The monoisotopic (exact) mass is 1580 g/mol. The quantitative estimate of drug-likeness (QED) is 0.0243. The van der Waals surface area contributed by atoms with Gasteiger partial charge in [-0.25, -0.2) is 0 Å². The third kappa shape index (κ3) is 34.8. The van der Waals surface area contributed by atoms with E-state index in [2.05, 4.69) is 6.58 Å². The minimum atomic E-state index is -1.04. The number of rotatable bonds is 51. The van der Waals surface area contributed by atoms with E-state index in [0.29, 0.717) is 52.9 Å². The molecule has 6 aromatic rings. The molecule has 19 heteroatoms. The normalized spacial score (nSPS) is 14.1. The van der Waals surface area contributed by atoms with Crippen LogP contribution in [0.4, 0.5) is 0 Å². The van der Waals surface area contributed by atoms with E-state index >= 15 is 0 Å². The van der Waals surface area contributed by atoms with Gasteiger partial charge in [0.2, 0.25) is 0 Å². The largest absolute Gasteiger partial charge is 0.394 e. The van der Waals surface area contributed by atoms with E-state index in [-0.39, 0.29) is 145 Å². The molecular formula is C69H90Ir2O17. The van der Waals surface area contributed by atoms with E-state index in [0.717, 1.165) is 33.4 Å². The standard InChI is InChI=1S/C69H90O17.2Ir/c1-2-33-73-46-65(82-38-58-25-13-5-14-26-58)48-77-52-68(85-41-61-31-19-8-20-32-61)53-79-55-69(54-78-51-67(84-40-60-29-17-7-18-30-60)50-76-45-64(35-71)81-37-57-23-11-4-12-24-57)86-43-62(72)42-74-47-66(83-39-59-27-15-6-16-28-59)49-75-44-63(34-70)80-36-56-21-9-3-10-22-56;;/h2-32,62-72H,1,33-55H2;;. The van der Waals surface area contributed by atoms with Crippen LogP contribution in [0.3, 0.4) is 0 Å². The van der Waals surface area contributed by atoms with Crippen LogP contribution >= 0.6 is 0 Å². The SMILES string of the molecule is C=CCOCC(COCC(COCC(COCC(COCC(CO)OCc1ccccc1)OCc1ccccc1)OCC(O)COCC(COCC(CO)OCc1ccccc1)OCc1ccccc1)OCc1ccccc1)OCc1ccccc1.[Ir].[Ir]. The summed E-state index contributed by atoms with van der Waals surface area (Å²) in [5.41, 5.74) is 5.96. The first-order valence-electron chi connectivity index (χ1n) is 29.5. The van der Waals surface area contributed by atoms with E-state index in [1.54, 1.807) is 6.08 Å². The summed E-state index contributed by atoms with van der Waals surface area (Å²) in [6.45, 7) is 7.37. The van der Waals surface area contributed by atoms with Crippen LogP contribution in [0, 0.1) is 0 Å². The molecule has 0 heterocycles. The van der Waals surface area contributed by atoms with Crippen molar-refractivity contribution in [3.8, 4) is 0 Å². The van der Waals surface area contributed by atoms with Gasteiger partial charge in [0.05, 0.1) is 152 Å². The zero-order chi connectivity index (χ0) is 60.2. The first-order chi connectivity index (χ1) is 42.4. The minimum Gasteiger partial charge on any atom is -0.394 e. The number of ether oxygens (including phenoxy) is 14. The Balaban J connectivity index is 0.00000828. The van der Waals surface area contributed by atoms with Crippen LogP contribution in [-0.4, -0.2) is 176 Å². The zero-order valence-corrected chi connectivity index (χ0v) is 55.0. The van der Waals surface area contributed by atoms with Crippen molar-refractivity contribution in [1.29, 1.82) is 0 Å². The van der Waals surface area contributed by atoms with Gasteiger partial charge in [0.25, 0.3) is 0 Å². The van der Waals surface area contributed by atoms with Crippen LogP contribution in [0.1, 0.15) is 33.4 Å². The molecule has 88 heavy (non-hydrogen) atoms. The fourth-order valence-corrected chi connectivity index (χ4v) is 8.33.